The minimum Gasteiger partial charge on any atom is -0.480 e. The van der Waals surface area contributed by atoms with Gasteiger partial charge in [0.25, 0.3) is 0 Å². The van der Waals surface area contributed by atoms with E-state index in [1.165, 1.54) is 0 Å². The van der Waals surface area contributed by atoms with Gasteiger partial charge in [0.2, 0.25) is 5.91 Å². The number of carbonyl (C=O) groups is 3. The van der Waals surface area contributed by atoms with Crippen molar-refractivity contribution in [2.24, 2.45) is 5.73 Å². The Bertz CT molecular complexity index is 461. The van der Waals surface area contributed by atoms with Crippen LogP contribution >= 0.6 is 11.3 Å². The summed E-state index contributed by atoms with van der Waals surface area (Å²) in [6, 6.07) is 0.262. The van der Waals surface area contributed by atoms with E-state index in [0.717, 1.165) is 5.56 Å². The van der Waals surface area contributed by atoms with Crippen molar-refractivity contribution in [3.05, 3.63) is 22.4 Å². The zero-order chi connectivity index (χ0) is 15.0. The molecule has 1 rings (SSSR count). The molecule has 1 aromatic rings. The summed E-state index contributed by atoms with van der Waals surface area (Å²) in [5.74, 6) is -1.80. The molecule has 0 aromatic carbocycles. The van der Waals surface area contributed by atoms with Crippen LogP contribution in [0.3, 0.4) is 0 Å². The number of nitrogens with two attached hydrogens (primary N) is 1. The molecule has 5 N–H and O–H groups in total. The normalized spacial score (nSPS) is 11.6. The van der Waals surface area contributed by atoms with E-state index in [0.29, 0.717) is 13.0 Å². The highest BCUT2D eigenvalue weighted by atomic mass is 32.1. The lowest BCUT2D eigenvalue weighted by Crippen LogP contribution is -2.46. The van der Waals surface area contributed by atoms with E-state index in [4.69, 9.17) is 10.8 Å². The van der Waals surface area contributed by atoms with Gasteiger partial charge in [-0.25, -0.2) is 9.59 Å². The SMILES string of the molecule is NC(=O)CC[C@H](NC(=O)NCCc1ccsc1)C(=O)O. The Morgan fingerprint density at radius 1 is 1.40 bits per heavy atom. The molecule has 1 atom stereocenters. The second-order valence-electron chi connectivity index (χ2n) is 4.18. The van der Waals surface area contributed by atoms with Crippen LogP contribution in [-0.2, 0) is 16.0 Å². The van der Waals surface area contributed by atoms with Crippen LogP contribution in [-0.4, -0.2) is 35.6 Å². The highest BCUT2D eigenvalue weighted by Crippen LogP contribution is 2.05. The van der Waals surface area contributed by atoms with Crippen LogP contribution in [0.5, 0.6) is 0 Å². The van der Waals surface area contributed by atoms with E-state index in [1.54, 1.807) is 11.3 Å². The van der Waals surface area contributed by atoms with Gasteiger partial charge in [0.05, 0.1) is 0 Å². The predicted molar refractivity (Wildman–Crippen MR) is 74.4 cm³/mol. The topological polar surface area (TPSA) is 122 Å². The number of hydrogen-bond acceptors (Lipinski definition) is 4. The molecule has 0 radical (unpaired) electrons. The molecule has 0 fully saturated rings. The van der Waals surface area contributed by atoms with Gasteiger partial charge in [-0.2, -0.15) is 11.3 Å². The molecule has 0 bridgehead atoms. The Morgan fingerprint density at radius 3 is 2.70 bits per heavy atom. The zero-order valence-corrected chi connectivity index (χ0v) is 11.6. The molecular weight excluding hydrogens is 282 g/mol. The monoisotopic (exact) mass is 299 g/mol. The molecular formula is C12H17N3O4S. The van der Waals surface area contributed by atoms with Crippen molar-refractivity contribution in [2.75, 3.05) is 6.54 Å². The van der Waals surface area contributed by atoms with Crippen molar-refractivity contribution < 1.29 is 19.5 Å². The van der Waals surface area contributed by atoms with Crippen molar-refractivity contribution in [1.29, 1.82) is 0 Å². The number of thiophene rings is 1. The number of nitrogens with one attached hydrogen (secondary N) is 2. The molecule has 0 aliphatic carbocycles. The molecule has 0 unspecified atom stereocenters. The minimum atomic E-state index is -1.20. The third kappa shape index (κ3) is 6.19. The lowest BCUT2D eigenvalue weighted by atomic mass is 10.1. The highest BCUT2D eigenvalue weighted by molar-refractivity contribution is 7.07. The lowest BCUT2D eigenvalue weighted by molar-refractivity contribution is -0.139. The molecule has 1 aromatic heterocycles. The van der Waals surface area contributed by atoms with Gasteiger partial charge in [0, 0.05) is 13.0 Å². The highest BCUT2D eigenvalue weighted by Gasteiger charge is 2.20. The number of urea groups is 1. The van der Waals surface area contributed by atoms with Crippen LogP contribution in [0.4, 0.5) is 4.79 Å². The first-order valence-corrected chi connectivity index (χ1v) is 7.00. The van der Waals surface area contributed by atoms with Gasteiger partial charge in [0.1, 0.15) is 6.04 Å². The van der Waals surface area contributed by atoms with Crippen molar-refractivity contribution in [1.82, 2.24) is 10.6 Å². The zero-order valence-electron chi connectivity index (χ0n) is 10.8. The van der Waals surface area contributed by atoms with Crippen LogP contribution in [0, 0.1) is 0 Å². The summed E-state index contributed by atoms with van der Waals surface area (Å²) in [5.41, 5.74) is 6.06. The van der Waals surface area contributed by atoms with Crippen molar-refractivity contribution in [3.63, 3.8) is 0 Å². The number of primary amides is 1. The van der Waals surface area contributed by atoms with E-state index in [9.17, 15) is 14.4 Å². The number of amides is 3. The lowest BCUT2D eigenvalue weighted by Gasteiger charge is -2.14. The fraction of sp³-hybridized carbons (Fsp3) is 0.417. The standard InChI is InChI=1S/C12H17N3O4S/c13-10(16)2-1-9(11(17)18)15-12(19)14-5-3-8-4-6-20-7-8/h4,6-7,9H,1-3,5H2,(H2,13,16)(H,17,18)(H2,14,15,19)/t9-/m0/s1. The van der Waals surface area contributed by atoms with Gasteiger partial charge in [-0.3, -0.25) is 4.79 Å². The maximum absolute atomic E-state index is 11.5. The number of hydrogen-bond donors (Lipinski definition) is 4. The minimum absolute atomic E-state index is 0.0252. The summed E-state index contributed by atoms with van der Waals surface area (Å²) in [6.07, 6.45) is 0.560. The summed E-state index contributed by atoms with van der Waals surface area (Å²) in [5, 5.41) is 17.7. The largest absolute Gasteiger partial charge is 0.480 e. The van der Waals surface area contributed by atoms with Gasteiger partial charge >= 0.3 is 12.0 Å². The van der Waals surface area contributed by atoms with E-state index in [2.05, 4.69) is 10.6 Å². The molecule has 0 saturated heterocycles. The molecule has 8 heteroatoms. The van der Waals surface area contributed by atoms with Crippen LogP contribution in [0.1, 0.15) is 18.4 Å². The summed E-state index contributed by atoms with van der Waals surface area (Å²) in [4.78, 5) is 33.1. The molecule has 3 amide bonds. The molecule has 0 aliphatic heterocycles. The number of carbonyl (C=O) groups excluding carboxylic acids is 2. The Labute approximate surface area is 120 Å². The summed E-state index contributed by atoms with van der Waals surface area (Å²) in [7, 11) is 0. The Morgan fingerprint density at radius 2 is 2.15 bits per heavy atom. The molecule has 0 spiro atoms. The smallest absolute Gasteiger partial charge is 0.326 e. The Kier molecular flexibility index (Phi) is 6.51. The molecule has 20 heavy (non-hydrogen) atoms. The van der Waals surface area contributed by atoms with Crippen LogP contribution in [0.25, 0.3) is 0 Å². The van der Waals surface area contributed by atoms with Gasteiger partial charge in [-0.1, -0.05) is 0 Å². The van der Waals surface area contributed by atoms with Gasteiger partial charge in [0.15, 0.2) is 0 Å². The maximum atomic E-state index is 11.5. The van der Waals surface area contributed by atoms with Crippen molar-refractivity contribution >= 4 is 29.2 Å². The molecule has 110 valence electrons. The van der Waals surface area contributed by atoms with E-state index < -0.39 is 23.9 Å². The fourth-order valence-corrected chi connectivity index (χ4v) is 2.21. The van der Waals surface area contributed by atoms with E-state index in [1.807, 2.05) is 16.8 Å². The maximum Gasteiger partial charge on any atom is 0.326 e. The molecule has 0 saturated carbocycles. The summed E-state index contributed by atoms with van der Waals surface area (Å²) in [6.45, 7) is 0.407. The molecule has 1 heterocycles. The first-order valence-electron chi connectivity index (χ1n) is 6.05. The predicted octanol–water partition coefficient (Wildman–Crippen LogP) is 0.308. The van der Waals surface area contributed by atoms with Crippen molar-refractivity contribution in [3.8, 4) is 0 Å². The summed E-state index contributed by atoms with van der Waals surface area (Å²) >= 11 is 1.57. The first-order chi connectivity index (χ1) is 9.49. The van der Waals surface area contributed by atoms with Gasteiger partial charge in [-0.15, -0.1) is 0 Å². The van der Waals surface area contributed by atoms with Gasteiger partial charge < -0.3 is 21.5 Å². The van der Waals surface area contributed by atoms with Crippen LogP contribution in [0.2, 0.25) is 0 Å². The Balaban J connectivity index is 2.30. The third-order valence-electron chi connectivity index (χ3n) is 2.56. The van der Waals surface area contributed by atoms with Crippen molar-refractivity contribution in [2.45, 2.75) is 25.3 Å². The van der Waals surface area contributed by atoms with E-state index in [-0.39, 0.29) is 12.8 Å². The average molecular weight is 299 g/mol. The van der Waals surface area contributed by atoms with Gasteiger partial charge in [-0.05, 0) is 35.2 Å². The quantitative estimate of drug-likeness (QED) is 0.552. The summed E-state index contributed by atoms with van der Waals surface area (Å²) < 4.78 is 0. The third-order valence-corrected chi connectivity index (χ3v) is 3.29. The Hall–Kier alpha value is -2.09. The average Bonchev–Trinajstić information content (AvgIpc) is 2.87. The number of carboxylic acid groups (broad SMARTS) is 1. The molecule has 7 nitrogen and oxygen atoms in total. The number of rotatable bonds is 8. The fourth-order valence-electron chi connectivity index (χ4n) is 1.51. The van der Waals surface area contributed by atoms with E-state index >= 15 is 0 Å². The first kappa shape index (κ1) is 16.0. The second-order valence-corrected chi connectivity index (χ2v) is 4.96. The second kappa shape index (κ2) is 8.16. The number of carboxylic acids is 1. The van der Waals surface area contributed by atoms with Crippen LogP contribution in [0.15, 0.2) is 16.8 Å². The van der Waals surface area contributed by atoms with Crippen LogP contribution < -0.4 is 16.4 Å². The number of aliphatic carboxylic acids is 1. The molecule has 0 aliphatic rings.